The molecule has 0 bridgehead atoms. The summed E-state index contributed by atoms with van der Waals surface area (Å²) >= 11 is 0. The highest BCUT2D eigenvalue weighted by Crippen LogP contribution is 2.25. The predicted molar refractivity (Wildman–Crippen MR) is 122 cm³/mol. The van der Waals surface area contributed by atoms with Gasteiger partial charge in [0, 0.05) is 43.5 Å². The number of esters is 2. The molecule has 1 aromatic carbocycles. The molecule has 1 heterocycles. The van der Waals surface area contributed by atoms with Crippen molar-refractivity contribution >= 4 is 34.7 Å². The van der Waals surface area contributed by atoms with Crippen LogP contribution in [0.25, 0.3) is 10.9 Å². The van der Waals surface area contributed by atoms with Gasteiger partial charge in [-0.1, -0.05) is 18.2 Å². The first-order valence-electron chi connectivity index (χ1n) is 10.0. The second kappa shape index (κ2) is 10.2. The smallest absolute Gasteiger partial charge is 0.419 e. The molecule has 0 N–H and O–H groups in total. The maximum atomic E-state index is 13.3. The molecule has 0 radical (unpaired) electrons. The van der Waals surface area contributed by atoms with E-state index in [4.69, 9.17) is 14.2 Å². The normalized spacial score (nSPS) is 12.3. The minimum absolute atomic E-state index is 0.145. The van der Waals surface area contributed by atoms with Crippen molar-refractivity contribution < 1.29 is 33.4 Å². The quantitative estimate of drug-likeness (QED) is 0.214. The maximum Gasteiger partial charge on any atom is 0.419 e. The van der Waals surface area contributed by atoms with Gasteiger partial charge in [0.2, 0.25) is 0 Å². The fourth-order valence-electron chi connectivity index (χ4n) is 3.00. The van der Waals surface area contributed by atoms with Crippen LogP contribution in [0.1, 0.15) is 31.1 Å². The summed E-state index contributed by atoms with van der Waals surface area (Å²) in [7, 11) is 5.60. The van der Waals surface area contributed by atoms with E-state index in [0.717, 1.165) is 20.3 Å². The monoisotopic (exact) mass is 456 g/mol. The molecule has 0 saturated heterocycles. The third-order valence-electron chi connectivity index (χ3n) is 4.33. The van der Waals surface area contributed by atoms with Crippen LogP contribution in [-0.2, 0) is 23.8 Å². The zero-order valence-electron chi connectivity index (χ0n) is 19.8. The number of nitrogens with zero attached hydrogens (tertiary/aromatic N) is 2. The highest BCUT2D eigenvalue weighted by Gasteiger charge is 2.26. The highest BCUT2D eigenvalue weighted by atomic mass is 16.6. The van der Waals surface area contributed by atoms with Crippen LogP contribution in [0.15, 0.2) is 53.9 Å². The molecular formula is C24H28N2O7. The maximum absolute atomic E-state index is 13.3. The van der Waals surface area contributed by atoms with E-state index in [1.807, 2.05) is 0 Å². The molecule has 0 aliphatic heterocycles. The van der Waals surface area contributed by atoms with E-state index in [1.165, 1.54) is 21.9 Å². The van der Waals surface area contributed by atoms with Crippen molar-refractivity contribution in [2.45, 2.75) is 26.4 Å². The van der Waals surface area contributed by atoms with E-state index in [0.29, 0.717) is 10.9 Å². The number of carbonyl (C=O) groups is 4. The third-order valence-corrected chi connectivity index (χ3v) is 4.33. The Hall–Kier alpha value is -3.88. The first-order valence-corrected chi connectivity index (χ1v) is 10.0. The molecule has 0 unspecified atom stereocenters. The first kappa shape index (κ1) is 25.4. The summed E-state index contributed by atoms with van der Waals surface area (Å²) in [6, 6.07) is 6.79. The van der Waals surface area contributed by atoms with Gasteiger partial charge >= 0.3 is 18.0 Å². The zero-order valence-corrected chi connectivity index (χ0v) is 19.8. The Morgan fingerprint density at radius 3 is 2.06 bits per heavy atom. The topological polar surface area (TPSA) is 104 Å². The number of allylic oxidation sites excluding steroid dienone is 1. The molecule has 0 aliphatic rings. The van der Waals surface area contributed by atoms with Crippen molar-refractivity contribution in [2.75, 3.05) is 28.3 Å². The largest absolute Gasteiger partial charge is 0.465 e. The van der Waals surface area contributed by atoms with Crippen molar-refractivity contribution in [2.24, 2.45) is 0 Å². The number of rotatable bonds is 6. The summed E-state index contributed by atoms with van der Waals surface area (Å²) in [6.07, 6.45) is 3.04. The number of methoxy groups -OCH3 is 2. The number of aromatic nitrogens is 1. The van der Waals surface area contributed by atoms with Gasteiger partial charge in [0.1, 0.15) is 5.60 Å². The second-order valence-electron chi connectivity index (χ2n) is 8.32. The van der Waals surface area contributed by atoms with Crippen LogP contribution in [0, 0.1) is 0 Å². The molecule has 1 aromatic heterocycles. The Labute approximate surface area is 192 Å². The van der Waals surface area contributed by atoms with E-state index in [1.54, 1.807) is 59.1 Å². The second-order valence-corrected chi connectivity index (χ2v) is 8.32. The number of ether oxygens (including phenoxy) is 3. The molecule has 0 spiro atoms. The number of hydrogen-bond acceptors (Lipinski definition) is 8. The zero-order chi connectivity index (χ0) is 24.9. The molecule has 9 nitrogen and oxygen atoms in total. The number of fused-ring (bicyclic) bond motifs is 1. The van der Waals surface area contributed by atoms with Crippen molar-refractivity contribution in [3.63, 3.8) is 0 Å². The molecule has 0 aliphatic carbocycles. The van der Waals surface area contributed by atoms with Gasteiger partial charge in [0.05, 0.1) is 30.9 Å². The van der Waals surface area contributed by atoms with Gasteiger partial charge in [-0.15, -0.1) is 0 Å². The van der Waals surface area contributed by atoms with Gasteiger partial charge in [-0.25, -0.2) is 14.4 Å². The summed E-state index contributed by atoms with van der Waals surface area (Å²) in [4.78, 5) is 52.3. The van der Waals surface area contributed by atoms with E-state index in [-0.39, 0.29) is 16.7 Å². The number of ketones is 1. The third kappa shape index (κ3) is 6.09. The van der Waals surface area contributed by atoms with Crippen LogP contribution in [-0.4, -0.2) is 67.2 Å². The Balaban J connectivity index is 2.67. The average molecular weight is 456 g/mol. The van der Waals surface area contributed by atoms with Gasteiger partial charge in [-0.05, 0) is 26.8 Å². The molecular weight excluding hydrogens is 428 g/mol. The molecule has 176 valence electrons. The fraction of sp³-hybridized carbons (Fsp3) is 0.333. The minimum atomic E-state index is -0.891. The van der Waals surface area contributed by atoms with Gasteiger partial charge in [0.25, 0.3) is 0 Å². The Morgan fingerprint density at radius 2 is 1.52 bits per heavy atom. The molecule has 0 fully saturated rings. The lowest BCUT2D eigenvalue weighted by Gasteiger charge is -2.19. The lowest BCUT2D eigenvalue weighted by Crippen LogP contribution is -2.26. The number of carbonyl (C=O) groups excluding carboxylic acids is 4. The Morgan fingerprint density at radius 1 is 0.939 bits per heavy atom. The SMILES string of the molecule is COC(=O)C(=C/C(=O)c1cn(C(=O)OC(C)(C)C)c2ccccc12)/C(=C\N(C)C)C(=O)OC. The minimum Gasteiger partial charge on any atom is -0.465 e. The molecule has 0 saturated carbocycles. The summed E-state index contributed by atoms with van der Waals surface area (Å²) in [5.41, 5.74) is -0.570. The van der Waals surface area contributed by atoms with Crippen LogP contribution < -0.4 is 0 Å². The van der Waals surface area contributed by atoms with Crippen molar-refractivity contribution in [3.8, 4) is 0 Å². The molecule has 2 aromatic rings. The van der Waals surface area contributed by atoms with Crippen LogP contribution >= 0.6 is 0 Å². The van der Waals surface area contributed by atoms with Crippen molar-refractivity contribution in [3.05, 3.63) is 59.4 Å². The number of para-hydroxylation sites is 1. The standard InChI is InChI=1S/C24H28N2O7/c1-24(2,3)33-23(30)26-14-17(15-10-8-9-11-19(15)26)20(27)12-16(21(28)31-6)18(13-25(4)5)22(29)32-7/h8-14H,1-7H3/b16-12+,18-13+. The van der Waals surface area contributed by atoms with Gasteiger partial charge in [-0.3, -0.25) is 9.36 Å². The number of benzene rings is 1. The van der Waals surface area contributed by atoms with E-state index < -0.39 is 29.4 Å². The van der Waals surface area contributed by atoms with E-state index in [9.17, 15) is 19.2 Å². The molecule has 0 amide bonds. The Kier molecular flexibility index (Phi) is 7.81. The average Bonchev–Trinajstić information content (AvgIpc) is 3.13. The Bertz CT molecular complexity index is 1150. The molecule has 9 heteroatoms. The van der Waals surface area contributed by atoms with Crippen molar-refractivity contribution in [1.29, 1.82) is 0 Å². The lowest BCUT2D eigenvalue weighted by atomic mass is 10.0. The molecule has 0 atom stereocenters. The summed E-state index contributed by atoms with van der Waals surface area (Å²) in [6.45, 7) is 5.21. The fourth-order valence-corrected chi connectivity index (χ4v) is 3.00. The number of hydrogen-bond donors (Lipinski definition) is 0. The first-order chi connectivity index (χ1) is 15.4. The predicted octanol–water partition coefficient (Wildman–Crippen LogP) is 3.33. The molecule has 33 heavy (non-hydrogen) atoms. The summed E-state index contributed by atoms with van der Waals surface area (Å²) < 4.78 is 16.2. The van der Waals surface area contributed by atoms with Crippen LogP contribution in [0.2, 0.25) is 0 Å². The summed E-state index contributed by atoms with van der Waals surface area (Å²) in [5, 5.41) is 0.477. The molecule has 2 rings (SSSR count). The van der Waals surface area contributed by atoms with Crippen molar-refractivity contribution in [1.82, 2.24) is 9.47 Å². The highest BCUT2D eigenvalue weighted by molar-refractivity contribution is 6.19. The van der Waals surface area contributed by atoms with Crippen LogP contribution in [0.5, 0.6) is 0 Å². The van der Waals surface area contributed by atoms with Crippen LogP contribution in [0.3, 0.4) is 0 Å². The van der Waals surface area contributed by atoms with Gasteiger partial charge in [0.15, 0.2) is 5.78 Å². The van der Waals surface area contributed by atoms with Gasteiger partial charge < -0.3 is 19.1 Å². The van der Waals surface area contributed by atoms with Gasteiger partial charge in [-0.2, -0.15) is 0 Å². The lowest BCUT2D eigenvalue weighted by molar-refractivity contribution is -0.139. The van der Waals surface area contributed by atoms with Crippen LogP contribution in [0.4, 0.5) is 4.79 Å². The van der Waals surface area contributed by atoms with E-state index in [2.05, 4.69) is 0 Å². The summed E-state index contributed by atoms with van der Waals surface area (Å²) in [5.74, 6) is -2.32. The van der Waals surface area contributed by atoms with E-state index >= 15 is 0 Å².